The molecule has 2 saturated heterocycles. The summed E-state index contributed by atoms with van der Waals surface area (Å²) in [5.74, 6) is 0.807. The first kappa shape index (κ1) is 16.8. The quantitative estimate of drug-likeness (QED) is 0.887. The Morgan fingerprint density at radius 1 is 1.15 bits per heavy atom. The third-order valence-electron chi connectivity index (χ3n) is 5.65. The van der Waals surface area contributed by atoms with Gasteiger partial charge >= 0.3 is 0 Å². The summed E-state index contributed by atoms with van der Waals surface area (Å²) in [5, 5.41) is 0. The van der Waals surface area contributed by atoms with Gasteiger partial charge in [0.05, 0.1) is 5.56 Å². The van der Waals surface area contributed by atoms with Gasteiger partial charge in [-0.25, -0.2) is 9.97 Å². The van der Waals surface area contributed by atoms with Gasteiger partial charge in [-0.15, -0.1) is 0 Å². The first-order chi connectivity index (χ1) is 12.5. The van der Waals surface area contributed by atoms with Crippen molar-refractivity contribution in [1.29, 1.82) is 0 Å². The van der Waals surface area contributed by atoms with Crippen LogP contribution in [0.2, 0.25) is 0 Å². The van der Waals surface area contributed by atoms with Crippen LogP contribution in [0.3, 0.4) is 0 Å². The third-order valence-corrected chi connectivity index (χ3v) is 5.65. The molecule has 0 aliphatic carbocycles. The Kier molecular flexibility index (Phi) is 4.22. The maximum Gasteiger partial charge on any atom is 0.255 e. The lowest BCUT2D eigenvalue weighted by Gasteiger charge is -2.39. The van der Waals surface area contributed by atoms with Crippen LogP contribution >= 0.6 is 0 Å². The number of carbonyl (C=O) groups is 1. The SMILES string of the molecule is Cc1ccnc(N2CCC3(CCN(C(=O)c4ccc(=O)[nH]c4)CC3)C2)n1. The van der Waals surface area contributed by atoms with Crippen LogP contribution in [0.4, 0.5) is 5.95 Å². The Labute approximate surface area is 152 Å². The maximum atomic E-state index is 12.6. The highest BCUT2D eigenvalue weighted by Crippen LogP contribution is 2.41. The van der Waals surface area contributed by atoms with E-state index in [9.17, 15) is 9.59 Å². The number of piperidine rings is 1. The van der Waals surface area contributed by atoms with E-state index >= 15 is 0 Å². The topological polar surface area (TPSA) is 82.2 Å². The van der Waals surface area contributed by atoms with Crippen LogP contribution in [-0.4, -0.2) is 51.9 Å². The second kappa shape index (κ2) is 6.55. The Morgan fingerprint density at radius 3 is 2.62 bits per heavy atom. The largest absolute Gasteiger partial charge is 0.340 e. The summed E-state index contributed by atoms with van der Waals surface area (Å²) in [7, 11) is 0. The summed E-state index contributed by atoms with van der Waals surface area (Å²) in [6.45, 7) is 5.41. The van der Waals surface area contributed by atoms with Crippen molar-refractivity contribution in [2.45, 2.75) is 26.2 Å². The number of nitrogens with zero attached hydrogens (tertiary/aromatic N) is 4. The van der Waals surface area contributed by atoms with Crippen molar-refractivity contribution in [3.63, 3.8) is 0 Å². The molecule has 2 fully saturated rings. The molecule has 0 saturated carbocycles. The average molecular weight is 353 g/mol. The molecular formula is C19H23N5O2. The molecule has 2 aromatic rings. The molecule has 0 unspecified atom stereocenters. The van der Waals surface area contributed by atoms with E-state index in [1.165, 1.54) is 12.3 Å². The minimum atomic E-state index is -0.191. The van der Waals surface area contributed by atoms with Crippen LogP contribution < -0.4 is 10.5 Å². The fraction of sp³-hybridized carbons (Fsp3) is 0.474. The second-order valence-corrected chi connectivity index (χ2v) is 7.40. The van der Waals surface area contributed by atoms with Gasteiger partial charge in [-0.2, -0.15) is 0 Å². The molecule has 2 aromatic heterocycles. The fourth-order valence-electron chi connectivity index (χ4n) is 4.01. The smallest absolute Gasteiger partial charge is 0.255 e. The van der Waals surface area contributed by atoms with E-state index in [2.05, 4.69) is 19.9 Å². The molecule has 7 nitrogen and oxygen atoms in total. The highest BCUT2D eigenvalue weighted by atomic mass is 16.2. The number of rotatable bonds is 2. The van der Waals surface area contributed by atoms with Crippen molar-refractivity contribution in [2.24, 2.45) is 5.41 Å². The number of aromatic nitrogens is 3. The van der Waals surface area contributed by atoms with Crippen LogP contribution in [-0.2, 0) is 0 Å². The Morgan fingerprint density at radius 2 is 1.92 bits per heavy atom. The normalized spacial score (nSPS) is 19.1. The van der Waals surface area contributed by atoms with Crippen molar-refractivity contribution < 1.29 is 4.79 Å². The van der Waals surface area contributed by atoms with Gasteiger partial charge in [0.25, 0.3) is 5.91 Å². The van der Waals surface area contributed by atoms with E-state index in [0.717, 1.165) is 57.1 Å². The molecule has 0 bridgehead atoms. The van der Waals surface area contributed by atoms with E-state index in [0.29, 0.717) is 5.56 Å². The van der Waals surface area contributed by atoms with E-state index in [1.54, 1.807) is 6.07 Å². The fourth-order valence-corrected chi connectivity index (χ4v) is 4.01. The average Bonchev–Trinajstić information content (AvgIpc) is 3.06. The molecule has 4 rings (SSSR count). The van der Waals surface area contributed by atoms with Crippen molar-refractivity contribution >= 4 is 11.9 Å². The van der Waals surface area contributed by atoms with E-state index in [1.807, 2.05) is 24.1 Å². The number of anilines is 1. The number of nitrogens with one attached hydrogen (secondary N) is 1. The number of aryl methyl sites for hydroxylation is 1. The Balaban J connectivity index is 1.40. The van der Waals surface area contributed by atoms with Crippen LogP contribution in [0.5, 0.6) is 0 Å². The Hall–Kier alpha value is -2.70. The summed E-state index contributed by atoms with van der Waals surface area (Å²) < 4.78 is 0. The van der Waals surface area contributed by atoms with E-state index < -0.39 is 0 Å². The molecule has 7 heteroatoms. The molecule has 0 aromatic carbocycles. The number of amides is 1. The van der Waals surface area contributed by atoms with Crippen molar-refractivity contribution in [3.8, 4) is 0 Å². The first-order valence-corrected chi connectivity index (χ1v) is 9.07. The van der Waals surface area contributed by atoms with Gasteiger partial charge < -0.3 is 14.8 Å². The lowest BCUT2D eigenvalue weighted by atomic mass is 9.77. The number of H-pyrrole nitrogens is 1. The number of carbonyl (C=O) groups excluding carboxylic acids is 1. The monoisotopic (exact) mass is 353 g/mol. The molecule has 26 heavy (non-hydrogen) atoms. The highest BCUT2D eigenvalue weighted by Gasteiger charge is 2.42. The van der Waals surface area contributed by atoms with Crippen molar-refractivity contribution in [2.75, 3.05) is 31.1 Å². The molecule has 0 atom stereocenters. The molecule has 136 valence electrons. The van der Waals surface area contributed by atoms with Crippen molar-refractivity contribution in [1.82, 2.24) is 19.9 Å². The lowest BCUT2D eigenvalue weighted by Crippen LogP contribution is -2.44. The summed E-state index contributed by atoms with van der Waals surface area (Å²) in [6.07, 6.45) is 6.41. The molecule has 4 heterocycles. The van der Waals surface area contributed by atoms with E-state index in [4.69, 9.17) is 0 Å². The Bertz CT molecular complexity index is 850. The predicted octanol–water partition coefficient (Wildman–Crippen LogP) is 1.61. The molecule has 2 aliphatic rings. The number of pyridine rings is 1. The summed E-state index contributed by atoms with van der Waals surface area (Å²) in [6, 6.07) is 4.91. The predicted molar refractivity (Wildman–Crippen MR) is 98.2 cm³/mol. The summed E-state index contributed by atoms with van der Waals surface area (Å²) in [5.41, 5.74) is 1.58. The van der Waals surface area contributed by atoms with Gasteiger partial charge in [-0.1, -0.05) is 0 Å². The number of likely N-dealkylation sites (tertiary alicyclic amines) is 1. The lowest BCUT2D eigenvalue weighted by molar-refractivity contribution is 0.0609. The maximum absolute atomic E-state index is 12.6. The summed E-state index contributed by atoms with van der Waals surface area (Å²) in [4.78, 5) is 39.5. The molecule has 2 aliphatic heterocycles. The van der Waals surface area contributed by atoms with Gasteiger partial charge in [0.15, 0.2) is 0 Å². The molecule has 1 amide bonds. The zero-order valence-corrected chi connectivity index (χ0v) is 14.9. The third kappa shape index (κ3) is 3.21. The summed E-state index contributed by atoms with van der Waals surface area (Å²) >= 11 is 0. The van der Waals surface area contributed by atoms with Gasteiger partial charge in [-0.05, 0) is 43.7 Å². The molecule has 1 N–H and O–H groups in total. The minimum Gasteiger partial charge on any atom is -0.340 e. The van der Waals surface area contributed by atoms with Gasteiger partial charge in [0.2, 0.25) is 11.5 Å². The highest BCUT2D eigenvalue weighted by molar-refractivity contribution is 5.93. The number of hydrogen-bond donors (Lipinski definition) is 1. The van der Waals surface area contributed by atoms with Crippen molar-refractivity contribution in [3.05, 3.63) is 52.2 Å². The number of hydrogen-bond acceptors (Lipinski definition) is 5. The standard InChI is InChI=1S/C19H23N5O2/c1-14-4-8-20-18(22-14)24-11-7-19(13-24)5-9-23(10-6-19)17(26)15-2-3-16(25)21-12-15/h2-4,8,12H,5-7,9-11,13H2,1H3,(H,21,25). The van der Waals surface area contributed by atoms with E-state index in [-0.39, 0.29) is 16.9 Å². The van der Waals surface area contributed by atoms with Crippen LogP contribution in [0.15, 0.2) is 35.4 Å². The second-order valence-electron chi connectivity index (χ2n) is 7.40. The zero-order valence-electron chi connectivity index (χ0n) is 14.9. The first-order valence-electron chi connectivity index (χ1n) is 9.07. The van der Waals surface area contributed by atoms with Crippen LogP contribution in [0, 0.1) is 12.3 Å². The van der Waals surface area contributed by atoms with Crippen LogP contribution in [0.1, 0.15) is 35.3 Å². The van der Waals surface area contributed by atoms with Gasteiger partial charge in [0, 0.05) is 50.3 Å². The number of aromatic amines is 1. The molecular weight excluding hydrogens is 330 g/mol. The minimum absolute atomic E-state index is 0.00651. The molecule has 0 radical (unpaired) electrons. The van der Waals surface area contributed by atoms with Gasteiger partial charge in [-0.3, -0.25) is 9.59 Å². The van der Waals surface area contributed by atoms with Gasteiger partial charge in [0.1, 0.15) is 0 Å². The van der Waals surface area contributed by atoms with Crippen LogP contribution in [0.25, 0.3) is 0 Å². The zero-order chi connectivity index (χ0) is 18.1. The molecule has 1 spiro atoms.